The zero-order chi connectivity index (χ0) is 10.9. The Kier molecular flexibility index (Phi) is 2.69. The SMILES string of the molecule is COc1c(C)cc(F)c(C(=O)O)c1F. The number of carbonyl (C=O) groups is 1. The monoisotopic (exact) mass is 202 g/mol. The lowest BCUT2D eigenvalue weighted by Crippen LogP contribution is -2.07. The van der Waals surface area contributed by atoms with Gasteiger partial charge in [-0.2, -0.15) is 0 Å². The molecule has 0 unspecified atom stereocenters. The van der Waals surface area contributed by atoms with Gasteiger partial charge in [0.1, 0.15) is 11.4 Å². The number of benzene rings is 1. The highest BCUT2D eigenvalue weighted by atomic mass is 19.1. The molecule has 5 heteroatoms. The van der Waals surface area contributed by atoms with E-state index >= 15 is 0 Å². The van der Waals surface area contributed by atoms with E-state index in [1.165, 1.54) is 14.0 Å². The molecule has 0 bridgehead atoms. The lowest BCUT2D eigenvalue weighted by molar-refractivity contribution is 0.0685. The van der Waals surface area contributed by atoms with Gasteiger partial charge >= 0.3 is 5.97 Å². The summed E-state index contributed by atoms with van der Waals surface area (Å²) in [5.41, 5.74) is -0.778. The van der Waals surface area contributed by atoms with Crippen molar-refractivity contribution in [1.82, 2.24) is 0 Å². The van der Waals surface area contributed by atoms with Crippen molar-refractivity contribution >= 4 is 5.97 Å². The third-order valence-electron chi connectivity index (χ3n) is 1.78. The molecule has 0 atom stereocenters. The lowest BCUT2D eigenvalue weighted by Gasteiger charge is -2.08. The van der Waals surface area contributed by atoms with Crippen LogP contribution in [0, 0.1) is 18.6 Å². The number of carboxylic acid groups (broad SMARTS) is 1. The Morgan fingerprint density at radius 1 is 1.50 bits per heavy atom. The van der Waals surface area contributed by atoms with Gasteiger partial charge in [0.2, 0.25) is 0 Å². The normalized spacial score (nSPS) is 10.0. The molecule has 0 radical (unpaired) electrons. The summed E-state index contributed by atoms with van der Waals surface area (Å²) >= 11 is 0. The first kappa shape index (κ1) is 10.4. The molecule has 1 rings (SSSR count). The third kappa shape index (κ3) is 1.53. The van der Waals surface area contributed by atoms with Crippen LogP contribution in [0.2, 0.25) is 0 Å². The van der Waals surface area contributed by atoms with E-state index in [1.807, 2.05) is 0 Å². The minimum Gasteiger partial charge on any atom is -0.493 e. The second kappa shape index (κ2) is 3.61. The molecule has 0 aliphatic heterocycles. The molecule has 0 amide bonds. The van der Waals surface area contributed by atoms with E-state index in [0.717, 1.165) is 6.07 Å². The zero-order valence-corrected chi connectivity index (χ0v) is 7.60. The molecule has 1 aromatic carbocycles. The van der Waals surface area contributed by atoms with Gasteiger partial charge in [-0.25, -0.2) is 13.6 Å². The highest BCUT2D eigenvalue weighted by Crippen LogP contribution is 2.27. The van der Waals surface area contributed by atoms with E-state index in [0.29, 0.717) is 0 Å². The van der Waals surface area contributed by atoms with E-state index in [1.54, 1.807) is 0 Å². The zero-order valence-electron chi connectivity index (χ0n) is 7.60. The largest absolute Gasteiger partial charge is 0.493 e. The maximum atomic E-state index is 13.3. The Morgan fingerprint density at radius 3 is 2.50 bits per heavy atom. The van der Waals surface area contributed by atoms with Gasteiger partial charge in [0.25, 0.3) is 0 Å². The van der Waals surface area contributed by atoms with Crippen LogP contribution < -0.4 is 4.74 Å². The summed E-state index contributed by atoms with van der Waals surface area (Å²) in [5, 5.41) is 8.52. The average molecular weight is 202 g/mol. The van der Waals surface area contributed by atoms with Crippen molar-refractivity contribution in [3.63, 3.8) is 0 Å². The first-order chi connectivity index (χ1) is 6.49. The number of halogens is 2. The molecule has 1 N–H and O–H groups in total. The van der Waals surface area contributed by atoms with E-state index in [4.69, 9.17) is 5.11 Å². The summed E-state index contributed by atoms with van der Waals surface area (Å²) in [6, 6.07) is 0.922. The molecule has 0 fully saturated rings. The molecule has 0 saturated heterocycles. The van der Waals surface area contributed by atoms with Gasteiger partial charge in [-0.3, -0.25) is 0 Å². The number of rotatable bonds is 2. The Bertz CT molecular complexity index is 388. The van der Waals surface area contributed by atoms with Gasteiger partial charge in [0, 0.05) is 0 Å². The second-order valence-corrected chi connectivity index (χ2v) is 2.70. The van der Waals surface area contributed by atoms with Crippen LogP contribution in [0.15, 0.2) is 6.07 Å². The van der Waals surface area contributed by atoms with E-state index in [2.05, 4.69) is 4.74 Å². The second-order valence-electron chi connectivity index (χ2n) is 2.70. The van der Waals surface area contributed by atoms with E-state index in [-0.39, 0.29) is 11.3 Å². The molecular formula is C9H8F2O3. The molecule has 1 aromatic rings. The molecule has 0 aliphatic carbocycles. The predicted octanol–water partition coefficient (Wildman–Crippen LogP) is 1.98. The third-order valence-corrected chi connectivity index (χ3v) is 1.78. The fraction of sp³-hybridized carbons (Fsp3) is 0.222. The van der Waals surface area contributed by atoms with Crippen LogP contribution in [0.5, 0.6) is 5.75 Å². The minimum atomic E-state index is -1.65. The first-order valence-corrected chi connectivity index (χ1v) is 3.75. The van der Waals surface area contributed by atoms with Crippen LogP contribution >= 0.6 is 0 Å². The van der Waals surface area contributed by atoms with Crippen molar-refractivity contribution in [3.8, 4) is 5.75 Å². The quantitative estimate of drug-likeness (QED) is 0.797. The van der Waals surface area contributed by atoms with Crippen LogP contribution in [-0.2, 0) is 0 Å². The molecule has 0 aliphatic rings. The fourth-order valence-electron chi connectivity index (χ4n) is 1.17. The topological polar surface area (TPSA) is 46.5 Å². The summed E-state index contributed by atoms with van der Waals surface area (Å²) in [7, 11) is 1.19. The van der Waals surface area contributed by atoms with Crippen molar-refractivity contribution < 1.29 is 23.4 Å². The maximum absolute atomic E-state index is 13.3. The maximum Gasteiger partial charge on any atom is 0.341 e. The highest BCUT2D eigenvalue weighted by Gasteiger charge is 2.22. The number of aryl methyl sites for hydroxylation is 1. The number of methoxy groups -OCH3 is 1. The van der Waals surface area contributed by atoms with Crippen LogP contribution in [-0.4, -0.2) is 18.2 Å². The van der Waals surface area contributed by atoms with Crippen molar-refractivity contribution in [2.45, 2.75) is 6.92 Å². The molecule has 0 heterocycles. The predicted molar refractivity (Wildman–Crippen MR) is 44.6 cm³/mol. The van der Waals surface area contributed by atoms with Gasteiger partial charge < -0.3 is 9.84 Å². The van der Waals surface area contributed by atoms with Crippen LogP contribution in [0.3, 0.4) is 0 Å². The first-order valence-electron chi connectivity index (χ1n) is 3.75. The molecular weight excluding hydrogens is 194 g/mol. The summed E-state index contributed by atoms with van der Waals surface area (Å²) in [5.74, 6) is -4.19. The Labute approximate surface area is 78.9 Å². The number of ether oxygens (including phenoxy) is 1. The molecule has 3 nitrogen and oxygen atoms in total. The summed E-state index contributed by atoms with van der Waals surface area (Å²) in [6.07, 6.45) is 0. The van der Waals surface area contributed by atoms with Crippen molar-refractivity contribution in [1.29, 1.82) is 0 Å². The summed E-state index contributed by atoms with van der Waals surface area (Å²) in [4.78, 5) is 10.5. The molecule has 0 spiro atoms. The fourth-order valence-corrected chi connectivity index (χ4v) is 1.17. The Morgan fingerprint density at radius 2 is 2.07 bits per heavy atom. The number of aromatic carboxylic acids is 1. The van der Waals surface area contributed by atoms with Gasteiger partial charge in [0.05, 0.1) is 7.11 Å². The Balaban J connectivity index is 3.52. The number of hydrogen-bond acceptors (Lipinski definition) is 2. The van der Waals surface area contributed by atoms with Crippen LogP contribution in [0.4, 0.5) is 8.78 Å². The lowest BCUT2D eigenvalue weighted by atomic mass is 10.1. The van der Waals surface area contributed by atoms with E-state index in [9.17, 15) is 13.6 Å². The van der Waals surface area contributed by atoms with Gasteiger partial charge in [0.15, 0.2) is 11.6 Å². The molecule has 76 valence electrons. The van der Waals surface area contributed by atoms with E-state index < -0.39 is 23.2 Å². The van der Waals surface area contributed by atoms with Gasteiger partial charge in [-0.15, -0.1) is 0 Å². The summed E-state index contributed by atoms with van der Waals surface area (Å²) < 4.78 is 30.9. The molecule has 0 saturated carbocycles. The number of carboxylic acids is 1. The average Bonchev–Trinajstić information content (AvgIpc) is 2.02. The van der Waals surface area contributed by atoms with Gasteiger partial charge in [-0.05, 0) is 18.6 Å². The van der Waals surface area contributed by atoms with Crippen molar-refractivity contribution in [3.05, 3.63) is 28.8 Å². The smallest absolute Gasteiger partial charge is 0.341 e. The minimum absolute atomic E-state index is 0.215. The van der Waals surface area contributed by atoms with Crippen molar-refractivity contribution in [2.24, 2.45) is 0 Å². The summed E-state index contributed by atoms with van der Waals surface area (Å²) in [6.45, 7) is 1.43. The standard InChI is InChI=1S/C9H8F2O3/c1-4-3-5(10)6(9(12)13)7(11)8(4)14-2/h3H,1-2H3,(H,12,13). The molecule has 14 heavy (non-hydrogen) atoms. The Hall–Kier alpha value is -1.65. The van der Waals surface area contributed by atoms with Gasteiger partial charge in [-0.1, -0.05) is 0 Å². The van der Waals surface area contributed by atoms with Crippen LogP contribution in [0.25, 0.3) is 0 Å². The van der Waals surface area contributed by atoms with Crippen molar-refractivity contribution in [2.75, 3.05) is 7.11 Å². The number of hydrogen-bond donors (Lipinski definition) is 1. The highest BCUT2D eigenvalue weighted by molar-refractivity contribution is 5.89. The van der Waals surface area contributed by atoms with Crippen LogP contribution in [0.1, 0.15) is 15.9 Å². The molecule has 0 aromatic heterocycles.